The Morgan fingerprint density at radius 2 is 1.04 bits per heavy atom. The highest BCUT2D eigenvalue weighted by molar-refractivity contribution is 7.09. The van der Waals surface area contributed by atoms with Crippen molar-refractivity contribution in [1.82, 2.24) is 4.57 Å². The fourth-order valence-electron chi connectivity index (χ4n) is 3.64. The van der Waals surface area contributed by atoms with Gasteiger partial charge in [0.15, 0.2) is 0 Å². The first-order valence-electron chi connectivity index (χ1n) is 8.34. The van der Waals surface area contributed by atoms with Gasteiger partial charge in [-0.15, -0.1) is 0 Å². The number of epoxide rings is 1. The number of cyclic esters (lactones) is 1. The fourth-order valence-corrected chi connectivity index (χ4v) is 8.39. The van der Waals surface area contributed by atoms with E-state index in [0.717, 1.165) is 0 Å². The van der Waals surface area contributed by atoms with Gasteiger partial charge >= 0.3 is 5.97 Å². The molecule has 0 radical (unpaired) electrons. The zero-order valence-corrected chi connectivity index (χ0v) is 15.0. The molecule has 1 heterocycles. The van der Waals surface area contributed by atoms with Crippen LogP contribution in [0.2, 0.25) is 0 Å². The second-order valence-electron chi connectivity index (χ2n) is 6.21. The van der Waals surface area contributed by atoms with E-state index in [2.05, 4.69) is 77.4 Å². The summed E-state index contributed by atoms with van der Waals surface area (Å²) in [7, 11) is -0.573. The normalized spacial score (nSPS) is 16.6. The topological polar surface area (TPSA) is 32.8 Å². The van der Waals surface area contributed by atoms with Crippen LogP contribution < -0.4 is 15.6 Å². The molecule has 0 amide bonds. The van der Waals surface area contributed by atoms with Crippen LogP contribution in [0, 0.1) is 0 Å². The maximum Gasteiger partial charge on any atom is 0.364 e. The summed E-state index contributed by atoms with van der Waals surface area (Å²) in [6.45, 7) is 0. The smallest absolute Gasteiger partial charge is 0.364 e. The minimum absolute atomic E-state index is 0.151. The van der Waals surface area contributed by atoms with E-state index in [1.54, 1.807) is 0 Å². The van der Waals surface area contributed by atoms with E-state index in [4.69, 9.17) is 4.74 Å². The molecule has 0 bridgehead atoms. The minimum atomic E-state index is -2.58. The Kier molecular flexibility index (Phi) is 3.99. The van der Waals surface area contributed by atoms with E-state index in [1.807, 2.05) is 25.2 Å². The number of carbonyl (C=O) groups excluding carboxylic acids is 1. The highest BCUT2D eigenvalue weighted by Crippen LogP contribution is 2.23. The van der Waals surface area contributed by atoms with Gasteiger partial charge in [0.1, 0.15) is 0 Å². The van der Waals surface area contributed by atoms with E-state index in [9.17, 15) is 4.79 Å². The highest BCUT2D eigenvalue weighted by atomic mass is 28.3. The lowest BCUT2D eigenvalue weighted by Gasteiger charge is -2.39. The molecule has 3 aromatic rings. The van der Waals surface area contributed by atoms with E-state index in [0.29, 0.717) is 0 Å². The Hall–Kier alpha value is -2.69. The molecular formula is C21H19NO2Si. The standard InChI is InChI=1S/C21H19NO2Si/c1-22(20-21(23)24-20)25(17-11-5-2-6-12-17,18-13-7-3-8-14-18)19-15-9-4-10-16-19/h2-16,20H,1H3. The average Bonchev–Trinajstić information content (AvgIpc) is 3.42. The zero-order chi connectivity index (χ0) is 17.3. The van der Waals surface area contributed by atoms with Crippen molar-refractivity contribution in [2.75, 3.05) is 7.05 Å². The van der Waals surface area contributed by atoms with E-state index in [1.165, 1.54) is 15.6 Å². The van der Waals surface area contributed by atoms with Crippen molar-refractivity contribution in [3.8, 4) is 0 Å². The lowest BCUT2D eigenvalue weighted by molar-refractivity contribution is -0.117. The van der Waals surface area contributed by atoms with Crippen LogP contribution in [0.3, 0.4) is 0 Å². The number of hydrogen-bond acceptors (Lipinski definition) is 3. The van der Waals surface area contributed by atoms with E-state index in [-0.39, 0.29) is 5.97 Å². The molecule has 1 saturated heterocycles. The number of nitrogens with zero attached hydrogens (tertiary/aromatic N) is 1. The third-order valence-electron chi connectivity index (χ3n) is 4.83. The molecule has 0 aromatic heterocycles. The minimum Gasteiger partial charge on any atom is -0.432 e. The van der Waals surface area contributed by atoms with Gasteiger partial charge in [0, 0.05) is 0 Å². The monoisotopic (exact) mass is 345 g/mol. The maximum atomic E-state index is 11.8. The Balaban J connectivity index is 2.03. The van der Waals surface area contributed by atoms with Crippen molar-refractivity contribution < 1.29 is 9.53 Å². The Labute approximate surface area is 148 Å². The fraction of sp³-hybridized carbons (Fsp3) is 0.0952. The van der Waals surface area contributed by atoms with Crippen LogP contribution in [-0.4, -0.2) is 32.0 Å². The Bertz CT molecular complexity index is 772. The number of carbonyl (C=O) groups is 1. The van der Waals surface area contributed by atoms with E-state index >= 15 is 0 Å². The summed E-state index contributed by atoms with van der Waals surface area (Å²) in [5, 5.41) is 3.70. The van der Waals surface area contributed by atoms with Crippen molar-refractivity contribution in [2.45, 2.75) is 6.23 Å². The largest absolute Gasteiger partial charge is 0.432 e. The van der Waals surface area contributed by atoms with Crippen molar-refractivity contribution in [3.63, 3.8) is 0 Å². The third-order valence-corrected chi connectivity index (χ3v) is 9.63. The van der Waals surface area contributed by atoms with Gasteiger partial charge in [-0.2, -0.15) is 0 Å². The molecule has 4 rings (SSSR count). The first-order chi connectivity index (χ1) is 12.2. The summed E-state index contributed by atoms with van der Waals surface area (Å²) < 4.78 is 7.43. The van der Waals surface area contributed by atoms with Crippen LogP contribution in [0.5, 0.6) is 0 Å². The summed E-state index contributed by atoms with van der Waals surface area (Å²) in [4.78, 5) is 11.8. The molecule has 4 heteroatoms. The third kappa shape index (κ3) is 2.60. The Morgan fingerprint density at radius 1 is 0.720 bits per heavy atom. The summed E-state index contributed by atoms with van der Waals surface area (Å²) >= 11 is 0. The second kappa shape index (κ2) is 6.31. The average molecular weight is 345 g/mol. The van der Waals surface area contributed by atoms with E-state index < -0.39 is 14.5 Å². The Morgan fingerprint density at radius 3 is 1.32 bits per heavy atom. The predicted molar refractivity (Wildman–Crippen MR) is 102 cm³/mol. The van der Waals surface area contributed by atoms with Gasteiger partial charge in [-0.05, 0) is 22.6 Å². The second-order valence-corrected chi connectivity index (χ2v) is 10.1. The quantitative estimate of drug-likeness (QED) is 0.399. The summed E-state index contributed by atoms with van der Waals surface area (Å²) in [6, 6.07) is 31.4. The van der Waals surface area contributed by atoms with Crippen LogP contribution >= 0.6 is 0 Å². The van der Waals surface area contributed by atoms with Crippen molar-refractivity contribution in [1.29, 1.82) is 0 Å². The molecule has 0 spiro atoms. The number of likely N-dealkylation sites (N-methyl/N-ethyl adjacent to an activating group) is 1. The molecule has 124 valence electrons. The van der Waals surface area contributed by atoms with Crippen LogP contribution in [0.25, 0.3) is 0 Å². The molecule has 1 unspecified atom stereocenters. The molecule has 1 atom stereocenters. The SMILES string of the molecule is CN(C1OC1=O)[Si](c1ccccc1)(c1ccccc1)c1ccccc1. The van der Waals surface area contributed by atoms with Crippen LogP contribution in [0.15, 0.2) is 91.0 Å². The van der Waals surface area contributed by atoms with Gasteiger partial charge in [0.2, 0.25) is 14.5 Å². The lowest BCUT2D eigenvalue weighted by atomic mass is 10.3. The van der Waals surface area contributed by atoms with Gasteiger partial charge in [-0.3, -0.25) is 4.57 Å². The molecule has 1 aliphatic heterocycles. The van der Waals surface area contributed by atoms with Gasteiger partial charge < -0.3 is 4.74 Å². The summed E-state index contributed by atoms with van der Waals surface area (Å²) in [5.41, 5.74) is 0. The van der Waals surface area contributed by atoms with Crippen molar-refractivity contribution in [2.24, 2.45) is 0 Å². The summed E-state index contributed by atoms with van der Waals surface area (Å²) in [6.07, 6.45) is -0.465. The first-order valence-corrected chi connectivity index (χ1v) is 10.3. The number of benzene rings is 3. The molecular weight excluding hydrogens is 326 g/mol. The van der Waals surface area contributed by atoms with Crippen LogP contribution in [0.4, 0.5) is 0 Å². The molecule has 0 saturated carbocycles. The maximum absolute atomic E-state index is 11.8. The van der Waals surface area contributed by atoms with Crippen LogP contribution in [0.1, 0.15) is 0 Å². The molecule has 1 aliphatic rings. The predicted octanol–water partition coefficient (Wildman–Crippen LogP) is 1.47. The zero-order valence-electron chi connectivity index (χ0n) is 14.0. The molecule has 3 nitrogen and oxygen atoms in total. The van der Waals surface area contributed by atoms with Crippen LogP contribution in [-0.2, 0) is 9.53 Å². The molecule has 3 aromatic carbocycles. The van der Waals surface area contributed by atoms with Gasteiger partial charge in [0.25, 0.3) is 0 Å². The first kappa shape index (κ1) is 15.8. The highest BCUT2D eigenvalue weighted by Gasteiger charge is 2.54. The lowest BCUT2D eigenvalue weighted by Crippen LogP contribution is -2.77. The number of rotatable bonds is 5. The molecule has 0 aliphatic carbocycles. The van der Waals surface area contributed by atoms with Gasteiger partial charge in [-0.25, -0.2) is 4.79 Å². The number of hydrogen-bond donors (Lipinski definition) is 0. The van der Waals surface area contributed by atoms with Crippen molar-refractivity contribution in [3.05, 3.63) is 91.0 Å². The molecule has 0 N–H and O–H groups in total. The van der Waals surface area contributed by atoms with Gasteiger partial charge in [-0.1, -0.05) is 91.0 Å². The summed E-state index contributed by atoms with van der Waals surface area (Å²) in [5.74, 6) is -0.151. The van der Waals surface area contributed by atoms with Gasteiger partial charge in [0.05, 0.1) is 0 Å². The molecule has 1 fully saturated rings. The number of ether oxygens (including phenoxy) is 1. The molecule has 25 heavy (non-hydrogen) atoms. The van der Waals surface area contributed by atoms with Crippen molar-refractivity contribution >= 4 is 29.8 Å².